The van der Waals surface area contributed by atoms with Crippen LogP contribution < -0.4 is 4.74 Å². The molecule has 0 saturated carbocycles. The van der Waals surface area contributed by atoms with Gasteiger partial charge in [-0.15, -0.1) is 16.4 Å². The average Bonchev–Trinajstić information content (AvgIpc) is 3.60. The number of nitrogens with zero attached hydrogens (tertiary/aromatic N) is 6. The number of esters is 1. The third-order valence-electron chi connectivity index (χ3n) is 7.32. The number of aromatic nitrogens is 6. The van der Waals surface area contributed by atoms with Gasteiger partial charge in [0, 0.05) is 38.2 Å². The van der Waals surface area contributed by atoms with E-state index in [0.29, 0.717) is 40.6 Å². The summed E-state index contributed by atoms with van der Waals surface area (Å²) >= 11 is 1.25. The van der Waals surface area contributed by atoms with Crippen LogP contribution in [0.5, 0.6) is 5.75 Å². The molecule has 12 heteroatoms. The summed E-state index contributed by atoms with van der Waals surface area (Å²) in [5, 5.41) is 8.35. The number of hydrogen-bond donors (Lipinski definition) is 0. The molecule has 5 aromatic heterocycles. The normalized spacial score (nSPS) is 15.2. The molecule has 0 aromatic carbocycles. The molecule has 0 radical (unpaired) electrons. The van der Waals surface area contributed by atoms with Gasteiger partial charge < -0.3 is 18.8 Å². The molecule has 1 aliphatic heterocycles. The first-order valence-corrected chi connectivity index (χ1v) is 13.4. The number of halogens is 1. The number of hydrogen-bond acceptors (Lipinski definition) is 9. The molecule has 0 bridgehead atoms. The van der Waals surface area contributed by atoms with Crippen LogP contribution in [-0.2, 0) is 16.5 Å². The lowest BCUT2D eigenvalue weighted by atomic mass is 9.88. The number of methoxy groups -OCH3 is 2. The molecule has 0 spiro atoms. The molecular formula is C27H27FN6O4S. The van der Waals surface area contributed by atoms with Crippen LogP contribution in [-0.4, -0.2) is 62.9 Å². The number of ether oxygens (including phenoxy) is 3. The van der Waals surface area contributed by atoms with E-state index < -0.39 is 17.8 Å². The smallest absolute Gasteiger partial charge is 0.351 e. The zero-order chi connectivity index (χ0) is 27.3. The minimum Gasteiger partial charge on any atom is -0.493 e. The molecule has 10 nitrogen and oxygen atoms in total. The van der Waals surface area contributed by atoms with Crippen molar-refractivity contribution in [3.8, 4) is 17.0 Å². The van der Waals surface area contributed by atoms with Crippen LogP contribution in [0, 0.1) is 18.7 Å². The van der Waals surface area contributed by atoms with Gasteiger partial charge in [-0.05, 0) is 43.9 Å². The van der Waals surface area contributed by atoms with E-state index >= 15 is 4.39 Å². The van der Waals surface area contributed by atoms with Gasteiger partial charge in [-0.1, -0.05) is 5.21 Å². The van der Waals surface area contributed by atoms with Crippen molar-refractivity contribution in [3.05, 3.63) is 52.7 Å². The molecule has 1 aliphatic rings. The molecular weight excluding hydrogens is 523 g/mol. The Morgan fingerprint density at radius 1 is 1.26 bits per heavy atom. The van der Waals surface area contributed by atoms with Crippen molar-refractivity contribution in [3.63, 3.8) is 0 Å². The van der Waals surface area contributed by atoms with Crippen molar-refractivity contribution in [1.82, 2.24) is 29.5 Å². The monoisotopic (exact) mass is 550 g/mol. The van der Waals surface area contributed by atoms with Crippen molar-refractivity contribution in [2.45, 2.75) is 25.8 Å². The van der Waals surface area contributed by atoms with E-state index in [1.165, 1.54) is 31.6 Å². The van der Waals surface area contributed by atoms with Crippen LogP contribution in [0.1, 0.15) is 39.9 Å². The van der Waals surface area contributed by atoms with Gasteiger partial charge in [0.15, 0.2) is 10.6 Å². The van der Waals surface area contributed by atoms with Crippen molar-refractivity contribution in [2.24, 2.45) is 13.0 Å². The highest BCUT2D eigenvalue weighted by molar-refractivity contribution is 7.22. The second-order valence-corrected chi connectivity index (χ2v) is 10.5. The van der Waals surface area contributed by atoms with Crippen molar-refractivity contribution >= 4 is 38.6 Å². The fraction of sp³-hybridized carbons (Fsp3) is 0.370. The maximum Gasteiger partial charge on any atom is 0.351 e. The van der Waals surface area contributed by atoms with Gasteiger partial charge in [-0.25, -0.2) is 13.9 Å². The summed E-state index contributed by atoms with van der Waals surface area (Å²) in [6.07, 6.45) is 4.81. The number of carbonyl (C=O) groups is 1. The van der Waals surface area contributed by atoms with Gasteiger partial charge in [0.1, 0.15) is 16.9 Å². The van der Waals surface area contributed by atoms with E-state index in [9.17, 15) is 4.79 Å². The Hall–Kier alpha value is -3.90. The maximum absolute atomic E-state index is 15.5. The molecule has 5 aromatic rings. The van der Waals surface area contributed by atoms with Gasteiger partial charge >= 0.3 is 5.97 Å². The van der Waals surface area contributed by atoms with Gasteiger partial charge in [-0.2, -0.15) is 0 Å². The van der Waals surface area contributed by atoms with Crippen LogP contribution in [0.2, 0.25) is 0 Å². The summed E-state index contributed by atoms with van der Waals surface area (Å²) in [5.41, 5.74) is 4.83. The van der Waals surface area contributed by atoms with E-state index in [-0.39, 0.29) is 5.92 Å². The first kappa shape index (κ1) is 25.4. The number of carbonyl (C=O) groups excluding carboxylic acids is 1. The first-order chi connectivity index (χ1) is 18.9. The molecule has 202 valence electrons. The Kier molecular flexibility index (Phi) is 6.51. The first-order valence-electron chi connectivity index (χ1n) is 12.6. The van der Waals surface area contributed by atoms with Crippen molar-refractivity contribution < 1.29 is 23.4 Å². The second kappa shape index (κ2) is 10.0. The number of aryl methyl sites for hydroxylation is 2. The molecule has 1 unspecified atom stereocenters. The standard InChI is InChI=1S/C27H27FN6O4S/c1-14-21(33(2)32-31-14)16-12-18-20(30-13-16)25-23(24(36-3)26(39-25)27(35)37-4)34(18)22(15-7-10-38-11-8-15)19-17(28)6-5-9-29-19/h5-6,9,12-13,15,22H,7-8,10-11H2,1-4H3. The molecule has 0 aliphatic carbocycles. The van der Waals surface area contributed by atoms with Crippen LogP contribution in [0.4, 0.5) is 4.39 Å². The fourth-order valence-corrected chi connectivity index (χ4v) is 6.80. The predicted octanol–water partition coefficient (Wildman–Crippen LogP) is 4.70. The van der Waals surface area contributed by atoms with E-state index in [1.807, 2.05) is 24.6 Å². The number of fused-ring (bicyclic) bond motifs is 3. The van der Waals surface area contributed by atoms with E-state index in [2.05, 4.69) is 15.3 Å². The lowest BCUT2D eigenvalue weighted by Crippen LogP contribution is -2.28. The quantitative estimate of drug-likeness (QED) is 0.280. The fourth-order valence-electron chi connectivity index (χ4n) is 5.61. The summed E-state index contributed by atoms with van der Waals surface area (Å²) in [5.74, 6) is -0.528. The number of rotatable bonds is 6. The Bertz CT molecular complexity index is 1680. The molecule has 1 fully saturated rings. The van der Waals surface area contributed by atoms with Crippen molar-refractivity contribution in [2.75, 3.05) is 27.4 Å². The minimum absolute atomic E-state index is 0.0110. The van der Waals surface area contributed by atoms with Crippen molar-refractivity contribution in [1.29, 1.82) is 0 Å². The van der Waals surface area contributed by atoms with Crippen LogP contribution >= 0.6 is 11.3 Å². The molecule has 39 heavy (non-hydrogen) atoms. The minimum atomic E-state index is -0.507. The number of pyridine rings is 2. The SMILES string of the molecule is COC(=O)c1sc2c3ncc(-c4c(C)nnn4C)cc3n(C(c3ncccc3F)C3CCOCC3)c2c1OC. The zero-order valence-electron chi connectivity index (χ0n) is 22.0. The Morgan fingerprint density at radius 2 is 2.05 bits per heavy atom. The largest absolute Gasteiger partial charge is 0.493 e. The summed E-state index contributed by atoms with van der Waals surface area (Å²) in [4.78, 5) is 22.5. The topological polar surface area (TPSA) is 106 Å². The van der Waals surface area contributed by atoms with Gasteiger partial charge in [0.2, 0.25) is 0 Å². The Labute approximate surface area is 227 Å². The van der Waals surface area contributed by atoms with Crippen LogP contribution in [0.25, 0.3) is 32.5 Å². The Balaban J connectivity index is 1.73. The summed E-state index contributed by atoms with van der Waals surface area (Å²) < 4.78 is 36.6. The van der Waals surface area contributed by atoms with Gasteiger partial charge in [-0.3, -0.25) is 9.97 Å². The molecule has 6 rings (SSSR count). The molecule has 1 atom stereocenters. The highest BCUT2D eigenvalue weighted by atomic mass is 32.1. The third kappa shape index (κ3) is 4.05. The summed E-state index contributed by atoms with van der Waals surface area (Å²) in [7, 11) is 4.68. The number of thiophene rings is 1. The molecule has 6 heterocycles. The summed E-state index contributed by atoms with van der Waals surface area (Å²) in [6, 6.07) is 4.52. The zero-order valence-corrected chi connectivity index (χ0v) is 22.8. The predicted molar refractivity (Wildman–Crippen MR) is 144 cm³/mol. The molecule has 0 amide bonds. The molecule has 0 N–H and O–H groups in total. The van der Waals surface area contributed by atoms with Gasteiger partial charge in [0.25, 0.3) is 0 Å². The van der Waals surface area contributed by atoms with E-state index in [0.717, 1.165) is 40.0 Å². The summed E-state index contributed by atoms with van der Waals surface area (Å²) in [6.45, 7) is 3.02. The highest BCUT2D eigenvalue weighted by Crippen LogP contribution is 2.48. The average molecular weight is 551 g/mol. The van der Waals surface area contributed by atoms with Crippen LogP contribution in [0.3, 0.4) is 0 Å². The van der Waals surface area contributed by atoms with Gasteiger partial charge in [0.05, 0.1) is 47.6 Å². The lowest BCUT2D eigenvalue weighted by Gasteiger charge is -2.32. The third-order valence-corrected chi connectivity index (χ3v) is 8.47. The van der Waals surface area contributed by atoms with Crippen LogP contribution in [0.15, 0.2) is 30.6 Å². The second-order valence-electron chi connectivity index (χ2n) is 9.51. The Morgan fingerprint density at radius 3 is 2.72 bits per heavy atom. The lowest BCUT2D eigenvalue weighted by molar-refractivity contribution is 0.0542. The highest BCUT2D eigenvalue weighted by Gasteiger charge is 2.36. The maximum atomic E-state index is 15.5. The molecule has 1 saturated heterocycles. The van der Waals surface area contributed by atoms with E-state index in [4.69, 9.17) is 19.2 Å². The van der Waals surface area contributed by atoms with E-state index in [1.54, 1.807) is 23.1 Å².